The van der Waals surface area contributed by atoms with E-state index in [1.54, 1.807) is 6.20 Å². The molecule has 2 heterocycles. The number of hydrogen-bond donors (Lipinski definition) is 1. The highest BCUT2D eigenvalue weighted by atomic mass is 79.9. The lowest BCUT2D eigenvalue weighted by Crippen LogP contribution is -2.25. The number of rotatable bonds is 5. The molecule has 2 aromatic rings. The third-order valence-electron chi connectivity index (χ3n) is 3.99. The Kier molecular flexibility index (Phi) is 6.69. The van der Waals surface area contributed by atoms with E-state index < -0.39 is 0 Å². The Hall–Kier alpha value is -1.60. The van der Waals surface area contributed by atoms with Crippen molar-refractivity contribution in [3.05, 3.63) is 41.0 Å². The second-order valence-corrected chi connectivity index (χ2v) is 7.80. The van der Waals surface area contributed by atoms with Gasteiger partial charge < -0.3 is 10.2 Å². The number of amides is 1. The fourth-order valence-corrected chi connectivity index (χ4v) is 3.80. The molecule has 1 N–H and O–H groups in total. The summed E-state index contributed by atoms with van der Waals surface area (Å²) in [7, 11) is 0. The van der Waals surface area contributed by atoms with Gasteiger partial charge >= 0.3 is 0 Å². The smallest absolute Gasteiger partial charge is 0.234 e. The zero-order valence-corrected chi connectivity index (χ0v) is 16.4. The Bertz CT molecular complexity index is 720. The molecule has 7 heteroatoms. The van der Waals surface area contributed by atoms with E-state index >= 15 is 0 Å². The second kappa shape index (κ2) is 9.20. The molecule has 5 nitrogen and oxygen atoms in total. The number of carbonyl (C=O) groups is 1. The number of halogens is 1. The number of carbonyl (C=O) groups excluding carboxylic acids is 1. The predicted molar refractivity (Wildman–Crippen MR) is 106 cm³/mol. The molecule has 132 valence electrons. The lowest BCUT2D eigenvalue weighted by Gasteiger charge is -2.21. The van der Waals surface area contributed by atoms with Gasteiger partial charge in [-0.15, -0.1) is 0 Å². The molecule has 1 aromatic carbocycles. The Morgan fingerprint density at radius 3 is 2.76 bits per heavy atom. The third-order valence-corrected chi connectivity index (χ3v) is 5.34. The molecule has 1 aromatic heterocycles. The van der Waals surface area contributed by atoms with Gasteiger partial charge in [0.15, 0.2) is 5.16 Å². The first kappa shape index (κ1) is 18.2. The van der Waals surface area contributed by atoms with E-state index in [0.717, 1.165) is 29.1 Å². The average Bonchev–Trinajstić information content (AvgIpc) is 2.90. The molecule has 25 heavy (non-hydrogen) atoms. The SMILES string of the molecule is O=C(CSc1nccc(N2CCCCCC2)n1)Nc1cccc(Br)c1. The van der Waals surface area contributed by atoms with Crippen LogP contribution in [0.4, 0.5) is 11.5 Å². The van der Waals surface area contributed by atoms with E-state index in [0.29, 0.717) is 5.16 Å². The van der Waals surface area contributed by atoms with Gasteiger partial charge in [0, 0.05) is 29.4 Å². The quantitative estimate of drug-likeness (QED) is 0.575. The van der Waals surface area contributed by atoms with E-state index in [4.69, 9.17) is 0 Å². The molecule has 3 rings (SSSR count). The van der Waals surface area contributed by atoms with Crippen LogP contribution >= 0.6 is 27.7 Å². The first-order chi connectivity index (χ1) is 12.2. The van der Waals surface area contributed by atoms with Crippen molar-refractivity contribution < 1.29 is 4.79 Å². The number of anilines is 2. The minimum atomic E-state index is -0.0631. The molecule has 1 aliphatic heterocycles. The normalized spacial score (nSPS) is 14.8. The van der Waals surface area contributed by atoms with Crippen LogP contribution in [-0.4, -0.2) is 34.7 Å². The van der Waals surface area contributed by atoms with Crippen molar-refractivity contribution in [1.29, 1.82) is 0 Å². The van der Waals surface area contributed by atoms with Gasteiger partial charge in [-0.3, -0.25) is 4.79 Å². The van der Waals surface area contributed by atoms with E-state index in [1.807, 2.05) is 30.3 Å². The zero-order valence-electron chi connectivity index (χ0n) is 13.9. The monoisotopic (exact) mass is 420 g/mol. The van der Waals surface area contributed by atoms with Crippen LogP contribution in [0.5, 0.6) is 0 Å². The summed E-state index contributed by atoms with van der Waals surface area (Å²) in [6, 6.07) is 9.51. The molecule has 0 aliphatic carbocycles. The van der Waals surface area contributed by atoms with Gasteiger partial charge in [-0.25, -0.2) is 9.97 Å². The zero-order chi connectivity index (χ0) is 17.5. The van der Waals surface area contributed by atoms with Crippen LogP contribution in [0.2, 0.25) is 0 Å². The number of thioether (sulfide) groups is 1. The fourth-order valence-electron chi connectivity index (χ4n) is 2.77. The van der Waals surface area contributed by atoms with Crippen LogP contribution in [0.25, 0.3) is 0 Å². The molecule has 1 saturated heterocycles. The molecule has 1 aliphatic rings. The standard InChI is InChI=1S/C18H21BrN4OS/c19-14-6-5-7-15(12-14)21-17(24)13-25-18-20-9-8-16(22-18)23-10-3-1-2-4-11-23/h5-9,12H,1-4,10-11,13H2,(H,21,24). The summed E-state index contributed by atoms with van der Waals surface area (Å²) >= 11 is 4.76. The lowest BCUT2D eigenvalue weighted by molar-refractivity contribution is -0.113. The minimum absolute atomic E-state index is 0.0631. The van der Waals surface area contributed by atoms with Crippen molar-refractivity contribution in [2.75, 3.05) is 29.1 Å². The molecule has 1 fully saturated rings. The largest absolute Gasteiger partial charge is 0.356 e. The van der Waals surface area contributed by atoms with Crippen molar-refractivity contribution in [3.63, 3.8) is 0 Å². The van der Waals surface area contributed by atoms with E-state index in [2.05, 4.69) is 36.1 Å². The van der Waals surface area contributed by atoms with Crippen molar-refractivity contribution in [2.24, 2.45) is 0 Å². The highest BCUT2D eigenvalue weighted by Crippen LogP contribution is 2.21. The van der Waals surface area contributed by atoms with Crippen molar-refractivity contribution in [2.45, 2.75) is 30.8 Å². The summed E-state index contributed by atoms with van der Waals surface area (Å²) in [6.07, 6.45) is 6.78. The molecule has 0 unspecified atom stereocenters. The molecule has 0 spiro atoms. The summed E-state index contributed by atoms with van der Waals surface area (Å²) in [5.41, 5.74) is 0.777. The van der Waals surface area contributed by atoms with Gasteiger partial charge in [0.05, 0.1) is 5.75 Å². The lowest BCUT2D eigenvalue weighted by atomic mass is 10.2. The molecular weight excluding hydrogens is 400 g/mol. The third kappa shape index (κ3) is 5.71. The Morgan fingerprint density at radius 1 is 1.20 bits per heavy atom. The number of hydrogen-bond acceptors (Lipinski definition) is 5. The maximum atomic E-state index is 12.1. The van der Waals surface area contributed by atoms with Crippen LogP contribution in [0.1, 0.15) is 25.7 Å². The topological polar surface area (TPSA) is 58.1 Å². The number of nitrogens with zero attached hydrogens (tertiary/aromatic N) is 3. The maximum absolute atomic E-state index is 12.1. The summed E-state index contributed by atoms with van der Waals surface area (Å²) in [5, 5.41) is 3.53. The number of nitrogens with one attached hydrogen (secondary N) is 1. The molecular formula is C18H21BrN4OS. The van der Waals surface area contributed by atoms with Crippen LogP contribution in [0, 0.1) is 0 Å². The van der Waals surface area contributed by atoms with E-state index in [9.17, 15) is 4.79 Å². The number of benzene rings is 1. The van der Waals surface area contributed by atoms with Gasteiger partial charge in [-0.05, 0) is 37.1 Å². The van der Waals surface area contributed by atoms with Crippen molar-refractivity contribution >= 4 is 45.1 Å². The van der Waals surface area contributed by atoms with Gasteiger partial charge in [0.25, 0.3) is 0 Å². The van der Waals surface area contributed by atoms with E-state index in [-0.39, 0.29) is 11.7 Å². The van der Waals surface area contributed by atoms with Crippen LogP contribution in [0.3, 0.4) is 0 Å². The van der Waals surface area contributed by atoms with Gasteiger partial charge in [-0.1, -0.05) is 46.6 Å². The van der Waals surface area contributed by atoms with Crippen LogP contribution in [0.15, 0.2) is 46.2 Å². The molecule has 0 bridgehead atoms. The number of aromatic nitrogens is 2. The van der Waals surface area contributed by atoms with Gasteiger partial charge in [0.1, 0.15) is 5.82 Å². The Morgan fingerprint density at radius 2 is 2.00 bits per heavy atom. The predicted octanol–water partition coefficient (Wildman–Crippen LogP) is 4.35. The first-order valence-electron chi connectivity index (χ1n) is 8.47. The molecule has 0 atom stereocenters. The summed E-state index contributed by atoms with van der Waals surface area (Å²) in [5.74, 6) is 1.19. The molecule has 0 radical (unpaired) electrons. The van der Waals surface area contributed by atoms with Gasteiger partial charge in [-0.2, -0.15) is 0 Å². The van der Waals surface area contributed by atoms with Crippen LogP contribution in [-0.2, 0) is 4.79 Å². The first-order valence-corrected chi connectivity index (χ1v) is 10.2. The highest BCUT2D eigenvalue weighted by molar-refractivity contribution is 9.10. The summed E-state index contributed by atoms with van der Waals surface area (Å²) in [6.45, 7) is 2.09. The average molecular weight is 421 g/mol. The Balaban J connectivity index is 1.55. The van der Waals surface area contributed by atoms with Gasteiger partial charge in [0.2, 0.25) is 5.91 Å². The van der Waals surface area contributed by atoms with E-state index in [1.165, 1.54) is 37.4 Å². The molecule has 0 saturated carbocycles. The Labute approximate surface area is 160 Å². The summed E-state index contributed by atoms with van der Waals surface area (Å²) < 4.78 is 0.937. The minimum Gasteiger partial charge on any atom is -0.356 e. The fraction of sp³-hybridized carbons (Fsp3) is 0.389. The van der Waals surface area contributed by atoms with Crippen LogP contribution < -0.4 is 10.2 Å². The maximum Gasteiger partial charge on any atom is 0.234 e. The summed E-state index contributed by atoms with van der Waals surface area (Å²) in [4.78, 5) is 23.3. The second-order valence-electron chi connectivity index (χ2n) is 5.95. The molecule has 1 amide bonds. The van der Waals surface area contributed by atoms with Crippen molar-refractivity contribution in [3.8, 4) is 0 Å². The van der Waals surface area contributed by atoms with Crippen molar-refractivity contribution in [1.82, 2.24) is 9.97 Å². The highest BCUT2D eigenvalue weighted by Gasteiger charge is 2.13.